The van der Waals surface area contributed by atoms with Gasteiger partial charge in [0.15, 0.2) is 5.76 Å². The van der Waals surface area contributed by atoms with Gasteiger partial charge in [0, 0.05) is 12.6 Å². The van der Waals surface area contributed by atoms with E-state index < -0.39 is 5.41 Å². The first kappa shape index (κ1) is 15.9. The predicted octanol–water partition coefficient (Wildman–Crippen LogP) is 3.76. The second-order valence-corrected chi connectivity index (χ2v) is 7.12. The zero-order valence-electron chi connectivity index (χ0n) is 13.8. The number of ether oxygens (including phenoxy) is 1. The van der Waals surface area contributed by atoms with Crippen LogP contribution in [0.3, 0.4) is 0 Å². The van der Waals surface area contributed by atoms with Crippen molar-refractivity contribution in [3.05, 3.63) is 59.1 Å². The summed E-state index contributed by atoms with van der Waals surface area (Å²) in [5.41, 5.74) is 1.18. The molecule has 0 radical (unpaired) electrons. The molecule has 0 saturated heterocycles. The van der Waals surface area contributed by atoms with Crippen LogP contribution in [0.1, 0.15) is 24.1 Å². The summed E-state index contributed by atoms with van der Waals surface area (Å²) in [6.07, 6.45) is 1.60. The van der Waals surface area contributed by atoms with Crippen LogP contribution in [0.5, 0.6) is 5.75 Å². The predicted molar refractivity (Wildman–Crippen MR) is 95.6 cm³/mol. The molecule has 1 saturated carbocycles. The molecule has 6 heteroatoms. The van der Waals surface area contributed by atoms with Crippen LogP contribution in [0.25, 0.3) is 10.6 Å². The molecule has 4 rings (SSSR count). The minimum Gasteiger partial charge on any atom is -0.497 e. The van der Waals surface area contributed by atoms with E-state index in [4.69, 9.17) is 9.26 Å². The number of nitrogens with zero attached hydrogens (tertiary/aromatic N) is 1. The second kappa shape index (κ2) is 6.37. The monoisotopic (exact) mass is 354 g/mol. The van der Waals surface area contributed by atoms with Gasteiger partial charge in [-0.3, -0.25) is 4.79 Å². The van der Waals surface area contributed by atoms with E-state index in [0.29, 0.717) is 6.54 Å². The summed E-state index contributed by atoms with van der Waals surface area (Å²) >= 11 is 1.59. The van der Waals surface area contributed by atoms with Crippen molar-refractivity contribution < 1.29 is 14.1 Å². The first-order valence-corrected chi connectivity index (χ1v) is 9.01. The topological polar surface area (TPSA) is 64.4 Å². The Morgan fingerprint density at radius 1 is 1.32 bits per heavy atom. The van der Waals surface area contributed by atoms with E-state index in [9.17, 15) is 4.79 Å². The van der Waals surface area contributed by atoms with Crippen molar-refractivity contribution in [1.82, 2.24) is 10.5 Å². The molecule has 0 spiro atoms. The van der Waals surface area contributed by atoms with Gasteiger partial charge < -0.3 is 14.6 Å². The van der Waals surface area contributed by atoms with Gasteiger partial charge in [-0.1, -0.05) is 23.4 Å². The molecule has 1 aliphatic carbocycles. The van der Waals surface area contributed by atoms with Crippen molar-refractivity contribution in [2.75, 3.05) is 7.11 Å². The minimum absolute atomic E-state index is 0.00125. The molecule has 0 aliphatic heterocycles. The smallest absolute Gasteiger partial charge is 0.232 e. The molecule has 1 N–H and O–H groups in total. The highest BCUT2D eigenvalue weighted by atomic mass is 32.1. The van der Waals surface area contributed by atoms with Crippen LogP contribution in [0.15, 0.2) is 52.4 Å². The summed E-state index contributed by atoms with van der Waals surface area (Å²) in [4.78, 5) is 13.7. The van der Waals surface area contributed by atoms with Gasteiger partial charge in [0.2, 0.25) is 5.91 Å². The van der Waals surface area contributed by atoms with E-state index in [0.717, 1.165) is 40.5 Å². The van der Waals surface area contributed by atoms with Gasteiger partial charge in [-0.25, -0.2) is 0 Å². The van der Waals surface area contributed by atoms with Crippen LogP contribution in [0.2, 0.25) is 0 Å². The Balaban J connectivity index is 1.46. The van der Waals surface area contributed by atoms with Crippen molar-refractivity contribution >= 4 is 17.2 Å². The Kier molecular flexibility index (Phi) is 4.05. The van der Waals surface area contributed by atoms with Crippen LogP contribution in [0, 0.1) is 0 Å². The number of thiophene rings is 1. The average Bonchev–Trinajstić information content (AvgIpc) is 3.06. The van der Waals surface area contributed by atoms with Crippen LogP contribution in [-0.2, 0) is 16.8 Å². The fraction of sp³-hybridized carbons (Fsp3) is 0.263. The molecule has 2 aromatic heterocycles. The van der Waals surface area contributed by atoms with Crippen molar-refractivity contribution in [3.63, 3.8) is 0 Å². The molecular weight excluding hydrogens is 336 g/mol. The van der Waals surface area contributed by atoms with Gasteiger partial charge in [-0.15, -0.1) is 11.3 Å². The standard InChI is InChI=1S/C19H18N2O3S/c1-23-14-5-2-4-13(10-14)12-20-18(22)19(7-8-19)17-11-15(24-21-17)16-6-3-9-25-16/h2-6,9-11H,7-8,12H2,1H3,(H,20,22). The molecular formula is C19H18N2O3S. The summed E-state index contributed by atoms with van der Waals surface area (Å²) < 4.78 is 10.7. The third-order valence-electron chi connectivity index (χ3n) is 4.54. The van der Waals surface area contributed by atoms with E-state index >= 15 is 0 Å². The molecule has 1 amide bonds. The average molecular weight is 354 g/mol. The van der Waals surface area contributed by atoms with E-state index in [1.807, 2.05) is 47.8 Å². The maximum absolute atomic E-state index is 12.7. The Morgan fingerprint density at radius 3 is 2.92 bits per heavy atom. The summed E-state index contributed by atoms with van der Waals surface area (Å²) in [6, 6.07) is 13.5. The highest BCUT2D eigenvalue weighted by Crippen LogP contribution is 2.48. The number of hydrogen-bond donors (Lipinski definition) is 1. The number of amides is 1. The molecule has 0 bridgehead atoms. The lowest BCUT2D eigenvalue weighted by molar-refractivity contribution is -0.123. The SMILES string of the molecule is COc1cccc(CNC(=O)C2(c3cc(-c4cccs4)on3)CC2)c1. The van der Waals surface area contributed by atoms with Gasteiger partial charge in [0.25, 0.3) is 0 Å². The largest absolute Gasteiger partial charge is 0.497 e. The quantitative estimate of drug-likeness (QED) is 0.732. The van der Waals surface area contributed by atoms with E-state index in [2.05, 4.69) is 10.5 Å². The van der Waals surface area contributed by atoms with Gasteiger partial charge in [-0.05, 0) is 42.0 Å². The number of aromatic nitrogens is 1. The van der Waals surface area contributed by atoms with Gasteiger partial charge >= 0.3 is 0 Å². The van der Waals surface area contributed by atoms with E-state index in [-0.39, 0.29) is 5.91 Å². The van der Waals surface area contributed by atoms with Crippen molar-refractivity contribution in [2.45, 2.75) is 24.8 Å². The highest BCUT2D eigenvalue weighted by molar-refractivity contribution is 7.13. The molecule has 2 heterocycles. The minimum atomic E-state index is -0.544. The molecule has 5 nitrogen and oxygen atoms in total. The molecule has 0 unspecified atom stereocenters. The molecule has 1 fully saturated rings. The molecule has 3 aromatic rings. The lowest BCUT2D eigenvalue weighted by Crippen LogP contribution is -2.34. The fourth-order valence-electron chi connectivity index (χ4n) is 2.89. The number of carbonyl (C=O) groups is 1. The highest BCUT2D eigenvalue weighted by Gasteiger charge is 2.53. The third-order valence-corrected chi connectivity index (χ3v) is 5.42. The van der Waals surface area contributed by atoms with Crippen LogP contribution in [-0.4, -0.2) is 18.2 Å². The number of benzene rings is 1. The van der Waals surface area contributed by atoms with Crippen LogP contribution < -0.4 is 10.1 Å². The summed E-state index contributed by atoms with van der Waals surface area (Å²) in [7, 11) is 1.63. The van der Waals surface area contributed by atoms with Crippen molar-refractivity contribution in [1.29, 1.82) is 0 Å². The summed E-state index contributed by atoms with van der Waals surface area (Å²) in [5, 5.41) is 9.17. The molecule has 1 aromatic carbocycles. The van der Waals surface area contributed by atoms with Crippen molar-refractivity contribution in [3.8, 4) is 16.4 Å². The van der Waals surface area contributed by atoms with E-state index in [1.54, 1.807) is 18.4 Å². The Bertz CT molecular complexity index is 882. The summed E-state index contributed by atoms with van der Waals surface area (Å²) in [5.74, 6) is 1.50. The first-order valence-electron chi connectivity index (χ1n) is 8.13. The van der Waals surface area contributed by atoms with Gasteiger partial charge in [0.05, 0.1) is 23.1 Å². The Labute approximate surface area is 149 Å². The summed E-state index contributed by atoms with van der Waals surface area (Å²) in [6.45, 7) is 0.466. The molecule has 0 atom stereocenters. The first-order chi connectivity index (χ1) is 12.2. The fourth-order valence-corrected chi connectivity index (χ4v) is 3.57. The number of rotatable bonds is 6. The molecule has 1 aliphatic rings. The number of carbonyl (C=O) groups excluding carboxylic acids is 1. The maximum Gasteiger partial charge on any atom is 0.232 e. The van der Waals surface area contributed by atoms with E-state index in [1.165, 1.54) is 0 Å². The Hall–Kier alpha value is -2.60. The number of methoxy groups -OCH3 is 1. The number of hydrogen-bond acceptors (Lipinski definition) is 5. The lowest BCUT2D eigenvalue weighted by Gasteiger charge is -2.12. The van der Waals surface area contributed by atoms with Gasteiger partial charge in [-0.2, -0.15) is 0 Å². The zero-order valence-corrected chi connectivity index (χ0v) is 14.6. The molecule has 25 heavy (non-hydrogen) atoms. The third kappa shape index (κ3) is 3.05. The van der Waals surface area contributed by atoms with Gasteiger partial charge in [0.1, 0.15) is 5.75 Å². The zero-order chi connectivity index (χ0) is 17.3. The van der Waals surface area contributed by atoms with Crippen molar-refractivity contribution in [2.24, 2.45) is 0 Å². The Morgan fingerprint density at radius 2 is 2.20 bits per heavy atom. The maximum atomic E-state index is 12.7. The normalized spacial score (nSPS) is 14.9. The number of nitrogens with one attached hydrogen (secondary N) is 1. The van der Waals surface area contributed by atoms with Crippen LogP contribution >= 0.6 is 11.3 Å². The van der Waals surface area contributed by atoms with Crippen LogP contribution in [0.4, 0.5) is 0 Å². The molecule has 128 valence electrons. The second-order valence-electron chi connectivity index (χ2n) is 6.17. The lowest BCUT2D eigenvalue weighted by atomic mass is 10.0.